The summed E-state index contributed by atoms with van der Waals surface area (Å²) in [7, 11) is 0. The lowest BCUT2D eigenvalue weighted by Crippen LogP contribution is -2.25. The molecule has 4 heteroatoms. The van der Waals surface area contributed by atoms with Gasteiger partial charge in [-0.15, -0.1) is 0 Å². The van der Waals surface area contributed by atoms with Crippen molar-refractivity contribution in [3.63, 3.8) is 0 Å². The number of carbonyl (C=O) groups excluding carboxylic acids is 1. The predicted molar refractivity (Wildman–Crippen MR) is 88.0 cm³/mol. The average molecular weight is 295 g/mol. The number of carbonyl (C=O) groups is 1. The van der Waals surface area contributed by atoms with E-state index >= 15 is 0 Å². The van der Waals surface area contributed by atoms with Crippen LogP contribution in [-0.4, -0.2) is 10.5 Å². The van der Waals surface area contributed by atoms with Crippen molar-refractivity contribution in [3.05, 3.63) is 52.7 Å². The van der Waals surface area contributed by atoms with Crippen molar-refractivity contribution in [2.24, 2.45) is 0 Å². The summed E-state index contributed by atoms with van der Waals surface area (Å²) in [4.78, 5) is 12.6. The Kier molecular flexibility index (Phi) is 4.09. The van der Waals surface area contributed by atoms with E-state index in [9.17, 15) is 4.79 Å². The maximum atomic E-state index is 12.6. The summed E-state index contributed by atoms with van der Waals surface area (Å²) in [5.74, 6) is 0.476. The van der Waals surface area contributed by atoms with Gasteiger partial charge in [-0.3, -0.25) is 4.79 Å². The lowest BCUT2D eigenvalue weighted by atomic mass is 10.0. The first kappa shape index (κ1) is 15.8. The van der Waals surface area contributed by atoms with Gasteiger partial charge in [0.05, 0.1) is 5.56 Å². The molecule has 0 saturated heterocycles. The molecule has 1 heterocycles. The molecule has 0 aliphatic carbocycles. The average Bonchev–Trinajstić information content (AvgIpc) is 2.85. The van der Waals surface area contributed by atoms with Crippen LogP contribution in [0, 0.1) is 25.2 Å². The molecule has 1 aromatic carbocycles. The number of aryl methyl sites for hydroxylation is 1. The largest absolute Gasteiger partial charge is 0.328 e. The van der Waals surface area contributed by atoms with E-state index in [0.717, 1.165) is 11.1 Å². The number of hydrogen-bond acceptors (Lipinski definition) is 2. The van der Waals surface area contributed by atoms with E-state index in [1.807, 2.05) is 57.4 Å². The molecule has 0 spiro atoms. The van der Waals surface area contributed by atoms with E-state index in [1.165, 1.54) is 0 Å². The van der Waals surface area contributed by atoms with E-state index in [2.05, 4.69) is 11.4 Å². The van der Waals surface area contributed by atoms with E-state index < -0.39 is 0 Å². The fraction of sp³-hybridized carbons (Fsp3) is 0.333. The summed E-state index contributed by atoms with van der Waals surface area (Å²) < 4.78 is 1.91. The zero-order valence-corrected chi connectivity index (χ0v) is 13.7. The Labute approximate surface area is 131 Å². The summed E-state index contributed by atoms with van der Waals surface area (Å²) in [5.41, 5.74) is 3.01. The second kappa shape index (κ2) is 5.69. The molecule has 2 aromatic rings. The number of anilines is 1. The Morgan fingerprint density at radius 1 is 1.27 bits per heavy atom. The Morgan fingerprint density at radius 3 is 2.55 bits per heavy atom. The molecule has 0 atom stereocenters. The monoisotopic (exact) mass is 295 g/mol. The van der Waals surface area contributed by atoms with Crippen LogP contribution in [0.25, 0.3) is 0 Å². The van der Waals surface area contributed by atoms with Crippen molar-refractivity contribution < 1.29 is 4.79 Å². The Bertz CT molecular complexity index is 758. The minimum atomic E-state index is -0.223. The molecule has 0 aliphatic heterocycles. The SMILES string of the molecule is Cc1cccc(C(=O)Nc2cc(C#N)cn2C(C)(C)C)c1C. The van der Waals surface area contributed by atoms with Crippen molar-refractivity contribution in [3.8, 4) is 6.07 Å². The maximum Gasteiger partial charge on any atom is 0.257 e. The fourth-order valence-electron chi connectivity index (χ4n) is 2.36. The highest BCUT2D eigenvalue weighted by molar-refractivity contribution is 6.05. The highest BCUT2D eigenvalue weighted by Crippen LogP contribution is 2.25. The molecule has 0 saturated carbocycles. The lowest BCUT2D eigenvalue weighted by molar-refractivity contribution is 0.102. The molecule has 1 amide bonds. The molecule has 0 fully saturated rings. The van der Waals surface area contributed by atoms with Crippen molar-refractivity contribution >= 4 is 11.7 Å². The van der Waals surface area contributed by atoms with Crippen molar-refractivity contribution in [2.75, 3.05) is 5.32 Å². The number of nitriles is 1. The van der Waals surface area contributed by atoms with Crippen LogP contribution in [0.2, 0.25) is 0 Å². The molecule has 22 heavy (non-hydrogen) atoms. The number of nitrogens with one attached hydrogen (secondary N) is 1. The van der Waals surface area contributed by atoms with Gasteiger partial charge in [-0.1, -0.05) is 12.1 Å². The van der Waals surface area contributed by atoms with Gasteiger partial charge >= 0.3 is 0 Å². The summed E-state index contributed by atoms with van der Waals surface area (Å²) in [6.45, 7) is 10.0. The number of amides is 1. The van der Waals surface area contributed by atoms with Gasteiger partial charge in [-0.2, -0.15) is 5.26 Å². The summed E-state index contributed by atoms with van der Waals surface area (Å²) in [6, 6.07) is 9.50. The molecule has 1 N–H and O–H groups in total. The molecule has 114 valence electrons. The minimum Gasteiger partial charge on any atom is -0.328 e. The lowest BCUT2D eigenvalue weighted by Gasteiger charge is -2.24. The zero-order chi connectivity index (χ0) is 16.5. The number of rotatable bonds is 2. The third kappa shape index (κ3) is 3.04. The molecule has 0 aliphatic rings. The van der Waals surface area contributed by atoms with Crippen LogP contribution in [0.5, 0.6) is 0 Å². The summed E-state index contributed by atoms with van der Waals surface area (Å²) in [6.07, 6.45) is 1.76. The second-order valence-electron chi connectivity index (χ2n) is 6.47. The third-order valence-electron chi connectivity index (χ3n) is 3.76. The van der Waals surface area contributed by atoms with Gasteiger partial charge in [0, 0.05) is 17.3 Å². The minimum absolute atomic E-state index is 0.158. The topological polar surface area (TPSA) is 57.8 Å². The highest BCUT2D eigenvalue weighted by Gasteiger charge is 2.20. The van der Waals surface area contributed by atoms with E-state index in [4.69, 9.17) is 5.26 Å². The first-order chi connectivity index (χ1) is 10.2. The standard InChI is InChI=1S/C18H21N3O/c1-12-7-6-8-15(13(12)2)17(22)20-16-9-14(10-19)11-21(16)18(3,4)5/h6-9,11H,1-5H3,(H,20,22). The Hall–Kier alpha value is -2.54. The van der Waals surface area contributed by atoms with Gasteiger partial charge in [0.25, 0.3) is 5.91 Å². The third-order valence-corrected chi connectivity index (χ3v) is 3.76. The molecule has 1 aromatic heterocycles. The van der Waals surface area contributed by atoms with Crippen molar-refractivity contribution in [1.29, 1.82) is 5.26 Å². The predicted octanol–water partition coefficient (Wildman–Crippen LogP) is 3.98. The van der Waals surface area contributed by atoms with Crippen LogP contribution >= 0.6 is 0 Å². The van der Waals surface area contributed by atoms with Crippen molar-refractivity contribution in [1.82, 2.24) is 4.57 Å². The molecular formula is C18H21N3O. The van der Waals surface area contributed by atoms with E-state index in [1.54, 1.807) is 12.3 Å². The van der Waals surface area contributed by atoms with Crippen molar-refractivity contribution in [2.45, 2.75) is 40.2 Å². The van der Waals surface area contributed by atoms with Gasteiger partial charge in [-0.05, 0) is 57.9 Å². The highest BCUT2D eigenvalue weighted by atomic mass is 16.1. The number of hydrogen-bond donors (Lipinski definition) is 1. The van der Waals surface area contributed by atoms with Crippen LogP contribution in [0.3, 0.4) is 0 Å². The summed E-state index contributed by atoms with van der Waals surface area (Å²) >= 11 is 0. The fourth-order valence-corrected chi connectivity index (χ4v) is 2.36. The van der Waals surface area contributed by atoms with Crippen LogP contribution < -0.4 is 5.32 Å². The second-order valence-corrected chi connectivity index (χ2v) is 6.47. The number of nitrogens with zero attached hydrogens (tertiary/aromatic N) is 2. The van der Waals surface area contributed by atoms with Crippen LogP contribution in [-0.2, 0) is 5.54 Å². The first-order valence-corrected chi connectivity index (χ1v) is 7.24. The smallest absolute Gasteiger partial charge is 0.257 e. The van der Waals surface area contributed by atoms with Crippen LogP contribution in [0.4, 0.5) is 5.82 Å². The molecule has 0 bridgehead atoms. The van der Waals surface area contributed by atoms with Gasteiger partial charge < -0.3 is 9.88 Å². The van der Waals surface area contributed by atoms with Crippen LogP contribution in [0.1, 0.15) is 47.8 Å². The Balaban J connectivity index is 2.39. The Morgan fingerprint density at radius 2 is 1.95 bits per heavy atom. The summed E-state index contributed by atoms with van der Waals surface area (Å²) in [5, 5.41) is 12.0. The molecule has 0 unspecified atom stereocenters. The maximum absolute atomic E-state index is 12.6. The number of aromatic nitrogens is 1. The quantitative estimate of drug-likeness (QED) is 0.911. The van der Waals surface area contributed by atoms with Gasteiger partial charge in [0.2, 0.25) is 0 Å². The zero-order valence-electron chi connectivity index (χ0n) is 13.7. The molecule has 2 rings (SSSR count). The normalized spacial score (nSPS) is 11.1. The molecular weight excluding hydrogens is 274 g/mol. The van der Waals surface area contributed by atoms with Gasteiger partial charge in [-0.25, -0.2) is 0 Å². The van der Waals surface area contributed by atoms with E-state index in [0.29, 0.717) is 16.9 Å². The number of benzene rings is 1. The van der Waals surface area contributed by atoms with Gasteiger partial charge in [0.1, 0.15) is 11.9 Å². The first-order valence-electron chi connectivity index (χ1n) is 7.24. The van der Waals surface area contributed by atoms with Crippen LogP contribution in [0.15, 0.2) is 30.5 Å². The molecule has 0 radical (unpaired) electrons. The van der Waals surface area contributed by atoms with E-state index in [-0.39, 0.29) is 11.4 Å². The van der Waals surface area contributed by atoms with Gasteiger partial charge in [0.15, 0.2) is 0 Å². The molecule has 4 nitrogen and oxygen atoms in total.